The van der Waals surface area contributed by atoms with E-state index in [0.29, 0.717) is 6.54 Å². The number of unbranched alkanes of at least 4 members (excludes halogenated alkanes) is 1. The van der Waals surface area contributed by atoms with Gasteiger partial charge in [-0.3, -0.25) is 4.79 Å². The van der Waals surface area contributed by atoms with Gasteiger partial charge < -0.3 is 10.1 Å². The van der Waals surface area contributed by atoms with Crippen LogP contribution in [0.15, 0.2) is 35.7 Å². The van der Waals surface area contributed by atoms with Crippen LogP contribution < -0.4 is 10.1 Å². The zero-order valence-electron chi connectivity index (χ0n) is 13.5. The number of nitrogens with one attached hydrogen (secondary N) is 1. The Morgan fingerprint density at radius 3 is 2.74 bits per heavy atom. The maximum atomic E-state index is 11.7. The minimum absolute atomic E-state index is 0.0640. The molecule has 0 aliphatic carbocycles. The number of aromatic nitrogens is 1. The molecule has 2 rings (SSSR count). The van der Waals surface area contributed by atoms with Crippen LogP contribution in [0.2, 0.25) is 0 Å². The molecule has 2 aromatic rings. The number of thiazole rings is 1. The van der Waals surface area contributed by atoms with Crippen molar-refractivity contribution in [1.29, 1.82) is 0 Å². The summed E-state index contributed by atoms with van der Waals surface area (Å²) in [5.74, 6) is 0.743. The normalized spacial score (nSPS) is 10.9. The quantitative estimate of drug-likeness (QED) is 0.594. The fraction of sp³-hybridized carbons (Fsp3) is 0.333. The zero-order chi connectivity index (χ0) is 16.5. The van der Waals surface area contributed by atoms with Gasteiger partial charge in [0.1, 0.15) is 5.75 Å². The predicted octanol–water partition coefficient (Wildman–Crippen LogP) is 3.61. The van der Waals surface area contributed by atoms with E-state index in [0.717, 1.165) is 36.3 Å². The minimum atomic E-state index is -0.0640. The number of hydrogen-bond donors (Lipinski definition) is 1. The molecule has 0 aliphatic rings. The number of hydrogen-bond acceptors (Lipinski definition) is 4. The Kier molecular flexibility index (Phi) is 6.81. The highest BCUT2D eigenvalue weighted by Crippen LogP contribution is 2.12. The molecule has 0 spiro atoms. The number of amides is 1. The number of benzene rings is 1. The van der Waals surface area contributed by atoms with Crippen molar-refractivity contribution in [3.63, 3.8) is 0 Å². The molecule has 0 atom stereocenters. The van der Waals surface area contributed by atoms with Crippen LogP contribution in [0.4, 0.5) is 0 Å². The summed E-state index contributed by atoms with van der Waals surface area (Å²) in [6.45, 7) is 2.70. The molecule has 0 saturated carbocycles. The second-order valence-corrected chi connectivity index (χ2v) is 6.18. The maximum Gasteiger partial charge on any atom is 0.243 e. The van der Waals surface area contributed by atoms with Gasteiger partial charge >= 0.3 is 0 Å². The SMILES string of the molecule is COc1ccc(C=CC(=O)NCCCCc2nc(C)cs2)cc1. The van der Waals surface area contributed by atoms with Gasteiger partial charge in [-0.25, -0.2) is 4.98 Å². The van der Waals surface area contributed by atoms with Crippen LogP contribution in [0.5, 0.6) is 5.75 Å². The van der Waals surface area contributed by atoms with Crippen LogP contribution in [0, 0.1) is 6.92 Å². The largest absolute Gasteiger partial charge is 0.497 e. The summed E-state index contributed by atoms with van der Waals surface area (Å²) < 4.78 is 5.10. The van der Waals surface area contributed by atoms with E-state index in [1.807, 2.05) is 31.2 Å². The molecule has 4 nitrogen and oxygen atoms in total. The van der Waals surface area contributed by atoms with Crippen molar-refractivity contribution in [3.05, 3.63) is 52.0 Å². The summed E-state index contributed by atoms with van der Waals surface area (Å²) in [6, 6.07) is 7.58. The van der Waals surface area contributed by atoms with E-state index in [1.165, 1.54) is 5.01 Å². The lowest BCUT2D eigenvalue weighted by Crippen LogP contribution is -2.22. The lowest BCUT2D eigenvalue weighted by molar-refractivity contribution is -0.116. The Balaban J connectivity index is 1.63. The fourth-order valence-electron chi connectivity index (χ4n) is 2.08. The van der Waals surface area contributed by atoms with Crippen molar-refractivity contribution < 1.29 is 9.53 Å². The van der Waals surface area contributed by atoms with Crippen LogP contribution in [0.3, 0.4) is 0 Å². The summed E-state index contributed by atoms with van der Waals surface area (Å²) in [6.07, 6.45) is 6.34. The van der Waals surface area contributed by atoms with Gasteiger partial charge in [-0.1, -0.05) is 12.1 Å². The van der Waals surface area contributed by atoms with Crippen LogP contribution in [-0.2, 0) is 11.2 Å². The molecule has 1 N–H and O–H groups in total. The molecule has 0 radical (unpaired) electrons. The second-order valence-electron chi connectivity index (χ2n) is 5.24. The molecule has 1 aromatic heterocycles. The molecular weight excluding hydrogens is 308 g/mol. The average molecular weight is 330 g/mol. The summed E-state index contributed by atoms with van der Waals surface area (Å²) >= 11 is 1.70. The van der Waals surface area contributed by atoms with Crippen molar-refractivity contribution in [1.82, 2.24) is 10.3 Å². The molecule has 1 heterocycles. The first kappa shape index (κ1) is 17.2. The monoisotopic (exact) mass is 330 g/mol. The summed E-state index contributed by atoms with van der Waals surface area (Å²) in [5.41, 5.74) is 2.06. The molecule has 5 heteroatoms. The number of carbonyl (C=O) groups excluding carboxylic acids is 1. The Hall–Kier alpha value is -2.14. The number of nitrogens with zero attached hydrogens (tertiary/aromatic N) is 1. The van der Waals surface area contributed by atoms with E-state index in [2.05, 4.69) is 15.7 Å². The smallest absolute Gasteiger partial charge is 0.243 e. The van der Waals surface area contributed by atoms with Gasteiger partial charge in [0.2, 0.25) is 5.91 Å². The first-order chi connectivity index (χ1) is 11.2. The Bertz CT molecular complexity index is 647. The van der Waals surface area contributed by atoms with Crippen LogP contribution in [-0.4, -0.2) is 24.5 Å². The lowest BCUT2D eigenvalue weighted by atomic mass is 10.2. The molecule has 1 aromatic carbocycles. The number of carbonyl (C=O) groups is 1. The minimum Gasteiger partial charge on any atom is -0.497 e. The third kappa shape index (κ3) is 6.24. The van der Waals surface area contributed by atoms with Gasteiger partial charge in [-0.15, -0.1) is 11.3 Å². The van der Waals surface area contributed by atoms with Crippen molar-refractivity contribution in [2.45, 2.75) is 26.2 Å². The van der Waals surface area contributed by atoms with E-state index in [9.17, 15) is 4.79 Å². The third-order valence-electron chi connectivity index (χ3n) is 3.33. The van der Waals surface area contributed by atoms with Crippen LogP contribution >= 0.6 is 11.3 Å². The molecule has 0 unspecified atom stereocenters. The highest BCUT2D eigenvalue weighted by Gasteiger charge is 1.99. The Morgan fingerprint density at radius 1 is 1.30 bits per heavy atom. The van der Waals surface area contributed by atoms with Gasteiger partial charge in [0.15, 0.2) is 0 Å². The fourth-order valence-corrected chi connectivity index (χ4v) is 2.89. The summed E-state index contributed by atoms with van der Waals surface area (Å²) in [5, 5.41) is 6.14. The lowest BCUT2D eigenvalue weighted by Gasteiger charge is -2.02. The van der Waals surface area contributed by atoms with Gasteiger partial charge in [-0.2, -0.15) is 0 Å². The van der Waals surface area contributed by atoms with Gasteiger partial charge in [0, 0.05) is 23.7 Å². The van der Waals surface area contributed by atoms with Crippen molar-refractivity contribution in [2.75, 3.05) is 13.7 Å². The predicted molar refractivity (Wildman–Crippen MR) is 94.8 cm³/mol. The summed E-state index contributed by atoms with van der Waals surface area (Å²) in [7, 11) is 1.63. The second kappa shape index (κ2) is 9.10. The molecule has 0 aliphatic heterocycles. The van der Waals surface area contributed by atoms with Crippen molar-refractivity contribution >= 4 is 23.3 Å². The van der Waals surface area contributed by atoms with E-state index < -0.39 is 0 Å². The van der Waals surface area contributed by atoms with Gasteiger partial charge in [0.25, 0.3) is 0 Å². The van der Waals surface area contributed by atoms with Crippen molar-refractivity contribution in [3.8, 4) is 5.75 Å². The van der Waals surface area contributed by atoms with E-state index in [1.54, 1.807) is 30.6 Å². The standard InChI is InChI=1S/C18H22N2O2S/c1-14-13-23-18(20-14)5-3-4-12-19-17(21)11-8-15-6-9-16(22-2)10-7-15/h6-11,13H,3-5,12H2,1-2H3,(H,19,21). The van der Waals surface area contributed by atoms with Gasteiger partial charge in [0.05, 0.1) is 12.1 Å². The first-order valence-electron chi connectivity index (χ1n) is 7.68. The van der Waals surface area contributed by atoms with Gasteiger partial charge in [-0.05, 0) is 50.0 Å². The van der Waals surface area contributed by atoms with E-state index >= 15 is 0 Å². The molecule has 23 heavy (non-hydrogen) atoms. The number of methoxy groups -OCH3 is 1. The van der Waals surface area contributed by atoms with Crippen LogP contribution in [0.1, 0.15) is 29.1 Å². The topological polar surface area (TPSA) is 51.2 Å². The van der Waals surface area contributed by atoms with Crippen LogP contribution in [0.25, 0.3) is 6.08 Å². The number of aryl methyl sites for hydroxylation is 2. The number of ether oxygens (including phenoxy) is 1. The molecule has 0 bridgehead atoms. The number of rotatable bonds is 8. The zero-order valence-corrected chi connectivity index (χ0v) is 14.4. The highest BCUT2D eigenvalue weighted by molar-refractivity contribution is 7.09. The third-order valence-corrected chi connectivity index (χ3v) is 4.35. The Morgan fingerprint density at radius 2 is 2.09 bits per heavy atom. The molecule has 122 valence electrons. The maximum absolute atomic E-state index is 11.7. The van der Waals surface area contributed by atoms with E-state index in [4.69, 9.17) is 4.74 Å². The highest BCUT2D eigenvalue weighted by atomic mass is 32.1. The average Bonchev–Trinajstić information content (AvgIpc) is 2.98. The molecule has 0 saturated heterocycles. The first-order valence-corrected chi connectivity index (χ1v) is 8.56. The molecular formula is C18H22N2O2S. The molecule has 1 amide bonds. The molecule has 0 fully saturated rings. The summed E-state index contributed by atoms with van der Waals surface area (Å²) in [4.78, 5) is 16.2. The van der Waals surface area contributed by atoms with Crippen molar-refractivity contribution in [2.24, 2.45) is 0 Å². The Labute approximate surface area is 141 Å². The van der Waals surface area contributed by atoms with E-state index in [-0.39, 0.29) is 5.91 Å².